The van der Waals surface area contributed by atoms with Gasteiger partial charge in [-0.1, -0.05) is 18.2 Å². The fourth-order valence-electron chi connectivity index (χ4n) is 4.19. The summed E-state index contributed by atoms with van der Waals surface area (Å²) >= 11 is 0. The van der Waals surface area contributed by atoms with Crippen LogP contribution in [0.25, 0.3) is 16.8 Å². The summed E-state index contributed by atoms with van der Waals surface area (Å²) in [5, 5.41) is 4.28. The smallest absolute Gasteiger partial charge is 0.416 e. The van der Waals surface area contributed by atoms with Gasteiger partial charge in [0.2, 0.25) is 0 Å². The lowest BCUT2D eigenvalue weighted by molar-refractivity contribution is -0.137. The molecule has 1 saturated heterocycles. The van der Waals surface area contributed by atoms with E-state index in [1.165, 1.54) is 30.1 Å². The summed E-state index contributed by atoms with van der Waals surface area (Å²) in [6.45, 7) is 0.917. The number of likely N-dealkylation sites (tertiary alicyclic amines) is 1. The second-order valence-corrected chi connectivity index (χ2v) is 8.15. The number of fused-ring (bicyclic) bond motifs is 1. The van der Waals surface area contributed by atoms with Crippen molar-refractivity contribution < 1.29 is 27.1 Å². The van der Waals surface area contributed by atoms with Gasteiger partial charge in [-0.3, -0.25) is 4.79 Å². The van der Waals surface area contributed by atoms with Crippen molar-refractivity contribution in [2.75, 3.05) is 20.2 Å². The molecule has 4 aromatic rings. The van der Waals surface area contributed by atoms with E-state index in [1.54, 1.807) is 4.90 Å². The Balaban J connectivity index is 1.40. The van der Waals surface area contributed by atoms with E-state index in [1.807, 2.05) is 24.3 Å². The van der Waals surface area contributed by atoms with Crippen molar-refractivity contribution in [1.29, 1.82) is 0 Å². The van der Waals surface area contributed by atoms with E-state index in [2.05, 4.69) is 10.1 Å². The fourth-order valence-corrected chi connectivity index (χ4v) is 4.19. The molecule has 0 bridgehead atoms. The Morgan fingerprint density at radius 2 is 2.00 bits per heavy atom. The predicted octanol–water partition coefficient (Wildman–Crippen LogP) is 5.06. The number of alkyl halides is 3. The van der Waals surface area contributed by atoms with Crippen LogP contribution in [-0.2, 0) is 6.18 Å². The van der Waals surface area contributed by atoms with Crippen LogP contribution in [0.15, 0.2) is 59.1 Å². The number of amides is 1. The molecule has 176 valence electrons. The van der Waals surface area contributed by atoms with Gasteiger partial charge in [-0.2, -0.15) is 18.3 Å². The number of aromatic nitrogens is 3. The summed E-state index contributed by atoms with van der Waals surface area (Å²) < 4.78 is 51.8. The van der Waals surface area contributed by atoms with E-state index in [4.69, 9.17) is 9.15 Å². The zero-order valence-corrected chi connectivity index (χ0v) is 18.2. The topological polar surface area (TPSA) is 73.4 Å². The first-order valence-electron chi connectivity index (χ1n) is 10.8. The van der Waals surface area contributed by atoms with Gasteiger partial charge in [-0.15, -0.1) is 0 Å². The molecule has 7 nitrogen and oxygen atoms in total. The van der Waals surface area contributed by atoms with Crippen molar-refractivity contribution in [3.63, 3.8) is 0 Å². The standard InChI is InChI=1S/C24H21F3N4O3/c1-33-20-14-31(17-8-4-7-16(12-17)24(25,26)27)29-21(20)23(32)30-11-5-6-15(13-30)22-28-18-9-2-3-10-19(18)34-22/h2-4,7-10,12,14-15H,5-6,11,13H2,1H3. The Morgan fingerprint density at radius 3 is 2.76 bits per heavy atom. The molecule has 1 unspecified atom stereocenters. The molecule has 2 aromatic carbocycles. The third-order valence-electron chi connectivity index (χ3n) is 5.91. The van der Waals surface area contributed by atoms with E-state index in [0.29, 0.717) is 24.6 Å². The van der Waals surface area contributed by atoms with Crippen molar-refractivity contribution in [3.8, 4) is 11.4 Å². The molecule has 1 aliphatic heterocycles. The highest BCUT2D eigenvalue weighted by molar-refractivity contribution is 5.95. The Morgan fingerprint density at radius 1 is 1.18 bits per heavy atom. The minimum absolute atomic E-state index is 0.0399. The minimum Gasteiger partial charge on any atom is -0.493 e. The van der Waals surface area contributed by atoms with Gasteiger partial charge >= 0.3 is 6.18 Å². The number of benzene rings is 2. The monoisotopic (exact) mass is 470 g/mol. The lowest BCUT2D eigenvalue weighted by atomic mass is 9.97. The van der Waals surface area contributed by atoms with Crippen LogP contribution in [0.2, 0.25) is 0 Å². The average Bonchev–Trinajstić information content (AvgIpc) is 3.48. The lowest BCUT2D eigenvalue weighted by Crippen LogP contribution is -2.39. The van der Waals surface area contributed by atoms with Gasteiger partial charge in [0, 0.05) is 13.1 Å². The zero-order chi connectivity index (χ0) is 23.9. The van der Waals surface area contributed by atoms with Gasteiger partial charge in [0.15, 0.2) is 22.9 Å². The van der Waals surface area contributed by atoms with E-state index in [0.717, 1.165) is 30.5 Å². The molecule has 0 aliphatic carbocycles. The van der Waals surface area contributed by atoms with Crippen LogP contribution in [0.1, 0.15) is 40.7 Å². The van der Waals surface area contributed by atoms with Crippen LogP contribution in [0.5, 0.6) is 5.75 Å². The molecule has 0 spiro atoms. The van der Waals surface area contributed by atoms with Gasteiger partial charge in [-0.25, -0.2) is 9.67 Å². The molecular weight excluding hydrogens is 449 g/mol. The second kappa shape index (κ2) is 8.51. The van der Waals surface area contributed by atoms with Crippen LogP contribution < -0.4 is 4.74 Å². The van der Waals surface area contributed by atoms with Gasteiger partial charge in [0.25, 0.3) is 5.91 Å². The predicted molar refractivity (Wildman–Crippen MR) is 117 cm³/mol. The third-order valence-corrected chi connectivity index (χ3v) is 5.91. The quantitative estimate of drug-likeness (QED) is 0.417. The lowest BCUT2D eigenvalue weighted by Gasteiger charge is -2.30. The Labute approximate surface area is 192 Å². The fraction of sp³-hybridized carbons (Fsp3) is 0.292. The van der Waals surface area contributed by atoms with Gasteiger partial charge in [-0.05, 0) is 43.2 Å². The number of para-hydroxylation sites is 2. The Bertz CT molecular complexity index is 1310. The van der Waals surface area contributed by atoms with Crippen LogP contribution in [0.4, 0.5) is 13.2 Å². The molecule has 0 saturated carbocycles. The maximum absolute atomic E-state index is 13.3. The first-order chi connectivity index (χ1) is 16.3. The van der Waals surface area contributed by atoms with E-state index >= 15 is 0 Å². The number of halogens is 3. The van der Waals surface area contributed by atoms with Crippen molar-refractivity contribution in [2.24, 2.45) is 0 Å². The number of hydrogen-bond donors (Lipinski definition) is 0. The number of methoxy groups -OCH3 is 1. The molecule has 34 heavy (non-hydrogen) atoms. The van der Waals surface area contributed by atoms with Crippen LogP contribution >= 0.6 is 0 Å². The number of nitrogens with zero attached hydrogens (tertiary/aromatic N) is 4. The average molecular weight is 470 g/mol. The van der Waals surface area contributed by atoms with Crippen LogP contribution in [-0.4, -0.2) is 45.8 Å². The summed E-state index contributed by atoms with van der Waals surface area (Å²) in [5.74, 6) is 0.344. The van der Waals surface area contributed by atoms with Crippen LogP contribution in [0.3, 0.4) is 0 Å². The van der Waals surface area contributed by atoms with E-state index < -0.39 is 11.7 Å². The van der Waals surface area contributed by atoms with E-state index in [9.17, 15) is 18.0 Å². The maximum atomic E-state index is 13.3. The molecule has 0 N–H and O–H groups in total. The van der Waals surface area contributed by atoms with Gasteiger partial charge in [0.05, 0.1) is 30.5 Å². The first kappa shape index (κ1) is 22.0. The molecule has 0 radical (unpaired) electrons. The zero-order valence-electron chi connectivity index (χ0n) is 18.2. The molecule has 1 amide bonds. The number of carbonyl (C=O) groups excluding carboxylic acids is 1. The summed E-state index contributed by atoms with van der Waals surface area (Å²) in [6, 6.07) is 12.2. The number of piperidine rings is 1. The molecule has 5 rings (SSSR count). The molecule has 10 heteroatoms. The molecule has 1 atom stereocenters. The highest BCUT2D eigenvalue weighted by Crippen LogP contribution is 2.32. The normalized spacial score (nSPS) is 16.7. The molecule has 1 fully saturated rings. The summed E-state index contributed by atoms with van der Waals surface area (Å²) in [4.78, 5) is 19.6. The van der Waals surface area contributed by atoms with Crippen molar-refractivity contribution in [3.05, 3.63) is 71.9 Å². The number of hydrogen-bond acceptors (Lipinski definition) is 5. The van der Waals surface area contributed by atoms with Crippen molar-refractivity contribution in [2.45, 2.75) is 24.9 Å². The third kappa shape index (κ3) is 4.11. The highest BCUT2D eigenvalue weighted by Gasteiger charge is 2.33. The van der Waals surface area contributed by atoms with E-state index in [-0.39, 0.29) is 29.0 Å². The van der Waals surface area contributed by atoms with Gasteiger partial charge in [0.1, 0.15) is 5.52 Å². The summed E-state index contributed by atoms with van der Waals surface area (Å²) in [6.07, 6.45) is -1.50. The number of ether oxygens (including phenoxy) is 1. The highest BCUT2D eigenvalue weighted by atomic mass is 19.4. The molecule has 3 heterocycles. The first-order valence-corrected chi connectivity index (χ1v) is 10.8. The number of carbonyl (C=O) groups is 1. The van der Waals surface area contributed by atoms with Gasteiger partial charge < -0.3 is 14.1 Å². The maximum Gasteiger partial charge on any atom is 0.416 e. The number of oxazole rings is 1. The Hall–Kier alpha value is -3.82. The summed E-state index contributed by atoms with van der Waals surface area (Å²) in [5.41, 5.74) is 0.878. The van der Waals surface area contributed by atoms with Crippen LogP contribution in [0, 0.1) is 0 Å². The largest absolute Gasteiger partial charge is 0.493 e. The molecule has 1 aliphatic rings. The Kier molecular flexibility index (Phi) is 5.51. The van der Waals surface area contributed by atoms with Crippen molar-refractivity contribution in [1.82, 2.24) is 19.7 Å². The summed E-state index contributed by atoms with van der Waals surface area (Å²) in [7, 11) is 1.39. The molecular formula is C24H21F3N4O3. The number of rotatable bonds is 4. The SMILES string of the molecule is COc1cn(-c2cccc(C(F)(F)F)c2)nc1C(=O)N1CCCC(c2nc3ccccc3o2)C1. The molecule has 2 aromatic heterocycles. The van der Waals surface area contributed by atoms with Crippen molar-refractivity contribution >= 4 is 17.0 Å². The minimum atomic E-state index is -4.49. The second-order valence-electron chi connectivity index (χ2n) is 8.15.